The maximum absolute atomic E-state index is 4.82. The van der Waals surface area contributed by atoms with Gasteiger partial charge >= 0.3 is 0 Å². The van der Waals surface area contributed by atoms with Crippen LogP contribution >= 0.6 is 0 Å². The lowest BCUT2D eigenvalue weighted by molar-refractivity contribution is 0.857. The third-order valence-corrected chi connectivity index (χ3v) is 4.74. The fourth-order valence-electron chi connectivity index (χ4n) is 3.36. The topological polar surface area (TPSA) is 73.8 Å². The molecule has 0 radical (unpaired) electrons. The molecule has 0 N–H and O–H groups in total. The van der Waals surface area contributed by atoms with Crippen LogP contribution < -0.4 is 0 Å². The fraction of sp³-hybridized carbons (Fsp3) is 0.136. The number of aromatic nitrogens is 7. The monoisotopic (exact) mass is 381 g/mol. The summed E-state index contributed by atoms with van der Waals surface area (Å²) in [5, 5.41) is 0. The summed E-state index contributed by atoms with van der Waals surface area (Å²) in [5.74, 6) is 1.54. The zero-order valence-electron chi connectivity index (χ0n) is 16.0. The summed E-state index contributed by atoms with van der Waals surface area (Å²) in [7, 11) is 0. The molecule has 0 bridgehead atoms. The molecular formula is C22H19N7. The van der Waals surface area contributed by atoms with Gasteiger partial charge in [-0.25, -0.2) is 19.9 Å². The van der Waals surface area contributed by atoms with Crippen LogP contribution in [0.15, 0.2) is 73.8 Å². The average molecular weight is 381 g/mol. The Morgan fingerprint density at radius 1 is 0.828 bits per heavy atom. The number of aryl methyl sites for hydroxylation is 1. The lowest BCUT2D eigenvalue weighted by atomic mass is 10.1. The van der Waals surface area contributed by atoms with Crippen molar-refractivity contribution in [2.45, 2.75) is 19.8 Å². The summed E-state index contributed by atoms with van der Waals surface area (Å²) in [6.07, 6.45) is 14.2. The van der Waals surface area contributed by atoms with Gasteiger partial charge in [0.05, 0.1) is 12.1 Å². The number of imidazole rings is 2. The summed E-state index contributed by atoms with van der Waals surface area (Å²) >= 11 is 0. The Morgan fingerprint density at radius 2 is 1.79 bits per heavy atom. The van der Waals surface area contributed by atoms with E-state index in [1.165, 1.54) is 5.56 Å². The highest BCUT2D eigenvalue weighted by Crippen LogP contribution is 2.15. The molecule has 0 fully saturated rings. The Balaban J connectivity index is 1.52. The van der Waals surface area contributed by atoms with Crippen molar-refractivity contribution in [1.82, 2.24) is 33.9 Å². The Morgan fingerprint density at radius 3 is 2.66 bits per heavy atom. The lowest BCUT2D eigenvalue weighted by Gasteiger charge is -2.09. The Labute approximate surface area is 167 Å². The molecule has 0 aromatic carbocycles. The van der Waals surface area contributed by atoms with E-state index in [1.54, 1.807) is 18.7 Å². The van der Waals surface area contributed by atoms with Crippen LogP contribution in [0.5, 0.6) is 0 Å². The zero-order chi connectivity index (χ0) is 19.6. The van der Waals surface area contributed by atoms with E-state index in [9.17, 15) is 0 Å². The smallest absolute Gasteiger partial charge is 0.141 e. The Bertz CT molecular complexity index is 1270. The Hall–Kier alpha value is -3.87. The van der Waals surface area contributed by atoms with Gasteiger partial charge in [0.15, 0.2) is 0 Å². The number of fused-ring (bicyclic) bond motifs is 1. The van der Waals surface area contributed by atoms with Crippen molar-refractivity contribution in [3.05, 3.63) is 102 Å². The summed E-state index contributed by atoms with van der Waals surface area (Å²) in [5.41, 5.74) is 5.16. The van der Waals surface area contributed by atoms with Crippen LogP contribution in [0.3, 0.4) is 0 Å². The van der Waals surface area contributed by atoms with Gasteiger partial charge in [-0.1, -0.05) is 0 Å². The minimum atomic E-state index is 0.580. The lowest BCUT2D eigenvalue weighted by Crippen LogP contribution is -2.07. The van der Waals surface area contributed by atoms with Crippen LogP contribution in [0.25, 0.3) is 11.5 Å². The second-order valence-electron chi connectivity index (χ2n) is 7.01. The third kappa shape index (κ3) is 3.75. The van der Waals surface area contributed by atoms with Crippen LogP contribution in [0.2, 0.25) is 0 Å². The van der Waals surface area contributed by atoms with Crippen molar-refractivity contribution in [3.63, 3.8) is 0 Å². The zero-order valence-corrected chi connectivity index (χ0v) is 16.0. The molecule has 0 unspecified atom stereocenters. The number of hydrogen-bond donors (Lipinski definition) is 0. The van der Waals surface area contributed by atoms with Crippen molar-refractivity contribution in [2.75, 3.05) is 0 Å². The molecule has 0 aliphatic carbocycles. The van der Waals surface area contributed by atoms with Gasteiger partial charge in [-0.05, 0) is 42.3 Å². The number of pyridine rings is 2. The molecule has 0 amide bonds. The van der Waals surface area contributed by atoms with E-state index in [0.717, 1.165) is 34.2 Å². The van der Waals surface area contributed by atoms with Crippen molar-refractivity contribution in [2.24, 2.45) is 0 Å². The van der Waals surface area contributed by atoms with Crippen LogP contribution in [0.1, 0.15) is 28.3 Å². The highest BCUT2D eigenvalue weighted by Gasteiger charge is 2.10. The SMILES string of the molecule is Cc1ccnc(Cc2nc(Cc3ccn4ccnc4c3)cc(-n3ccnc3)n2)c1. The molecule has 5 rings (SSSR count). The number of hydrogen-bond acceptors (Lipinski definition) is 5. The molecular weight excluding hydrogens is 362 g/mol. The third-order valence-electron chi connectivity index (χ3n) is 4.74. The number of nitrogens with zero attached hydrogens (tertiary/aromatic N) is 7. The molecule has 5 heterocycles. The first-order valence-corrected chi connectivity index (χ1v) is 9.41. The maximum atomic E-state index is 4.82. The fourth-order valence-corrected chi connectivity index (χ4v) is 3.36. The summed E-state index contributed by atoms with van der Waals surface area (Å²) in [6.45, 7) is 2.06. The van der Waals surface area contributed by atoms with Crippen LogP contribution in [0.4, 0.5) is 0 Å². The average Bonchev–Trinajstić information content (AvgIpc) is 3.39. The molecule has 0 aliphatic heterocycles. The van der Waals surface area contributed by atoms with Crippen molar-refractivity contribution in [1.29, 1.82) is 0 Å². The van der Waals surface area contributed by atoms with Gasteiger partial charge < -0.3 is 4.40 Å². The second kappa shape index (κ2) is 7.27. The Kier molecular flexibility index (Phi) is 4.32. The van der Waals surface area contributed by atoms with Crippen molar-refractivity contribution >= 4 is 5.65 Å². The quantitative estimate of drug-likeness (QED) is 0.467. The number of rotatable bonds is 5. The molecule has 7 heteroatoms. The predicted octanol–water partition coefficient (Wildman–Crippen LogP) is 3.20. The normalized spacial score (nSPS) is 11.2. The summed E-state index contributed by atoms with van der Waals surface area (Å²) < 4.78 is 3.89. The standard InChI is InChI=1S/C22H19N7/c1-16-2-4-24-18(10-16)13-20-26-19(14-22(27-20)29-8-5-23-15-29)11-17-3-7-28-9-6-25-21(28)12-17/h2-10,12,14-15H,11,13H2,1H3. The molecule has 29 heavy (non-hydrogen) atoms. The largest absolute Gasteiger partial charge is 0.307 e. The van der Waals surface area contributed by atoms with Crippen LogP contribution in [-0.4, -0.2) is 33.9 Å². The van der Waals surface area contributed by atoms with Gasteiger partial charge in [0.25, 0.3) is 0 Å². The first-order valence-electron chi connectivity index (χ1n) is 9.41. The predicted molar refractivity (Wildman–Crippen MR) is 109 cm³/mol. The van der Waals surface area contributed by atoms with Gasteiger partial charge in [-0.2, -0.15) is 0 Å². The maximum Gasteiger partial charge on any atom is 0.141 e. The molecule has 142 valence electrons. The van der Waals surface area contributed by atoms with E-state index >= 15 is 0 Å². The van der Waals surface area contributed by atoms with E-state index in [0.29, 0.717) is 12.8 Å². The molecule has 7 nitrogen and oxygen atoms in total. The van der Waals surface area contributed by atoms with Gasteiger partial charge in [0.1, 0.15) is 23.6 Å². The highest BCUT2D eigenvalue weighted by atomic mass is 15.1. The van der Waals surface area contributed by atoms with E-state index in [1.807, 2.05) is 45.9 Å². The van der Waals surface area contributed by atoms with Crippen LogP contribution in [-0.2, 0) is 12.8 Å². The first kappa shape index (κ1) is 17.2. The van der Waals surface area contributed by atoms with Gasteiger partial charge in [0.2, 0.25) is 0 Å². The van der Waals surface area contributed by atoms with Gasteiger partial charge in [-0.15, -0.1) is 0 Å². The van der Waals surface area contributed by atoms with Crippen molar-refractivity contribution in [3.8, 4) is 5.82 Å². The molecule has 0 saturated heterocycles. The first-order chi connectivity index (χ1) is 14.2. The van der Waals surface area contributed by atoms with Crippen molar-refractivity contribution < 1.29 is 0 Å². The van der Waals surface area contributed by atoms with E-state index in [4.69, 9.17) is 9.97 Å². The summed E-state index contributed by atoms with van der Waals surface area (Å²) in [6, 6.07) is 10.2. The van der Waals surface area contributed by atoms with Gasteiger partial charge in [-0.3, -0.25) is 9.55 Å². The minimum absolute atomic E-state index is 0.580. The summed E-state index contributed by atoms with van der Waals surface area (Å²) in [4.78, 5) is 22.5. The van der Waals surface area contributed by atoms with Crippen LogP contribution in [0, 0.1) is 6.92 Å². The van der Waals surface area contributed by atoms with E-state index in [-0.39, 0.29) is 0 Å². The second-order valence-corrected chi connectivity index (χ2v) is 7.01. The molecule has 0 aliphatic rings. The minimum Gasteiger partial charge on any atom is -0.307 e. The molecule has 0 atom stereocenters. The molecule has 0 spiro atoms. The highest BCUT2D eigenvalue weighted by molar-refractivity contribution is 5.42. The molecule has 5 aromatic rings. The van der Waals surface area contributed by atoms with Gasteiger partial charge in [0, 0.05) is 55.4 Å². The molecule has 0 saturated carbocycles. The molecule has 5 aromatic heterocycles. The van der Waals surface area contributed by atoms with E-state index < -0.39 is 0 Å². The van der Waals surface area contributed by atoms with E-state index in [2.05, 4.69) is 40.1 Å².